The number of aromatic nitrogens is 4. The van der Waals surface area contributed by atoms with E-state index in [2.05, 4.69) is 10.1 Å². The second-order valence-electron chi connectivity index (χ2n) is 6.99. The lowest BCUT2D eigenvalue weighted by molar-refractivity contribution is 0.414. The van der Waals surface area contributed by atoms with Gasteiger partial charge in [0, 0.05) is 12.4 Å². The maximum atomic E-state index is 13.2. The topological polar surface area (TPSA) is 85.0 Å². The number of nitrogens with zero attached hydrogens (tertiary/aromatic N) is 4. The molecule has 9 heteroatoms. The minimum Gasteiger partial charge on any atom is -0.605 e. The molecule has 0 aliphatic carbocycles. The Hall–Kier alpha value is -3.14. The van der Waals surface area contributed by atoms with Gasteiger partial charge in [-0.25, -0.2) is 4.68 Å². The third-order valence-corrected chi connectivity index (χ3v) is 7.77. The number of hydrogen-bond donors (Lipinski definition) is 0. The number of fused-ring (bicyclic) bond motifs is 3. The molecular formula is C22H18N4O3S2. The first-order chi connectivity index (χ1) is 15.1. The monoisotopic (exact) mass is 450 g/mol. The molecule has 5 rings (SSSR count). The fraction of sp³-hybridized carbons (Fsp3) is 0.136. The van der Waals surface area contributed by atoms with E-state index in [0.29, 0.717) is 26.9 Å². The predicted molar refractivity (Wildman–Crippen MR) is 121 cm³/mol. The van der Waals surface area contributed by atoms with Gasteiger partial charge in [0.1, 0.15) is 11.3 Å². The van der Waals surface area contributed by atoms with Gasteiger partial charge in [-0.05, 0) is 29.8 Å². The third-order valence-electron chi connectivity index (χ3n) is 5.09. The standard InChI is InChI=1S/C22H18N4O3S2/c1-25-18-17(12-23-26(21(18)27)13-14-7-6-8-15(11-14)29-2)19-20(25)24-22(30-19)31(28)16-9-4-3-5-10-16/h3-12H,13H2,1-2H3. The highest BCUT2D eigenvalue weighted by atomic mass is 32.2. The van der Waals surface area contributed by atoms with Crippen molar-refractivity contribution >= 4 is 43.8 Å². The van der Waals surface area contributed by atoms with Gasteiger partial charge in [-0.15, -0.1) is 0 Å². The molecule has 0 saturated heterocycles. The average molecular weight is 451 g/mol. The van der Waals surface area contributed by atoms with Gasteiger partial charge >= 0.3 is 4.34 Å². The molecule has 2 aromatic carbocycles. The third kappa shape index (κ3) is 3.40. The highest BCUT2D eigenvalue weighted by Gasteiger charge is 2.25. The summed E-state index contributed by atoms with van der Waals surface area (Å²) in [5, 5.41) is 5.11. The molecule has 1 atom stereocenters. The fourth-order valence-electron chi connectivity index (χ4n) is 3.55. The van der Waals surface area contributed by atoms with Crippen molar-refractivity contribution in [3.05, 3.63) is 76.7 Å². The van der Waals surface area contributed by atoms with Gasteiger partial charge in [0.15, 0.2) is 10.5 Å². The van der Waals surface area contributed by atoms with Crippen molar-refractivity contribution in [2.24, 2.45) is 7.05 Å². The van der Waals surface area contributed by atoms with Crippen LogP contribution in [0.3, 0.4) is 0 Å². The van der Waals surface area contributed by atoms with Crippen molar-refractivity contribution in [3.63, 3.8) is 0 Å². The van der Waals surface area contributed by atoms with Crippen LogP contribution in [0.5, 0.6) is 5.75 Å². The zero-order valence-electron chi connectivity index (χ0n) is 16.8. The van der Waals surface area contributed by atoms with Crippen molar-refractivity contribution in [2.45, 2.75) is 15.8 Å². The van der Waals surface area contributed by atoms with Crippen LogP contribution in [0.2, 0.25) is 0 Å². The number of methoxy groups -OCH3 is 1. The summed E-state index contributed by atoms with van der Waals surface area (Å²) in [6.45, 7) is 0.335. The largest absolute Gasteiger partial charge is 0.605 e. The van der Waals surface area contributed by atoms with Crippen LogP contribution in [0, 0.1) is 0 Å². The number of hydrogen-bond acceptors (Lipinski definition) is 6. The maximum Gasteiger partial charge on any atom is 0.310 e. The van der Waals surface area contributed by atoms with E-state index in [9.17, 15) is 9.35 Å². The van der Waals surface area contributed by atoms with Crippen LogP contribution in [0.25, 0.3) is 21.3 Å². The molecule has 0 saturated carbocycles. The Morgan fingerprint density at radius 2 is 1.97 bits per heavy atom. The average Bonchev–Trinajstić information content (AvgIpc) is 3.35. The van der Waals surface area contributed by atoms with Crippen molar-refractivity contribution in [2.75, 3.05) is 7.11 Å². The molecule has 156 valence electrons. The van der Waals surface area contributed by atoms with E-state index in [1.165, 1.54) is 16.0 Å². The Bertz CT molecular complexity index is 1460. The van der Waals surface area contributed by atoms with Gasteiger partial charge in [-0.2, -0.15) is 10.1 Å². The summed E-state index contributed by atoms with van der Waals surface area (Å²) >= 11 is -0.0329. The lowest BCUT2D eigenvalue weighted by atomic mass is 10.2. The van der Waals surface area contributed by atoms with Gasteiger partial charge in [0.05, 0.1) is 35.7 Å². The van der Waals surface area contributed by atoms with E-state index in [-0.39, 0.29) is 5.56 Å². The second kappa shape index (κ2) is 7.84. The zero-order chi connectivity index (χ0) is 21.5. The zero-order valence-corrected chi connectivity index (χ0v) is 18.4. The highest BCUT2D eigenvalue weighted by molar-refractivity contribution is 7.93. The first-order valence-electron chi connectivity index (χ1n) is 9.51. The summed E-state index contributed by atoms with van der Waals surface area (Å²) in [6.07, 6.45) is 1.69. The van der Waals surface area contributed by atoms with E-state index in [1.54, 1.807) is 24.9 Å². The normalized spacial score (nSPS) is 12.5. The van der Waals surface area contributed by atoms with E-state index < -0.39 is 11.2 Å². The van der Waals surface area contributed by atoms with Gasteiger partial charge in [0.2, 0.25) is 0 Å². The van der Waals surface area contributed by atoms with Crippen LogP contribution in [0.4, 0.5) is 0 Å². The maximum absolute atomic E-state index is 13.2. The molecule has 0 spiro atoms. The summed E-state index contributed by atoms with van der Waals surface area (Å²) in [7, 11) is 3.41. The van der Waals surface area contributed by atoms with Gasteiger partial charge in [0.25, 0.3) is 5.56 Å². The van der Waals surface area contributed by atoms with Crippen LogP contribution in [0.1, 0.15) is 5.56 Å². The SMILES string of the molecule is COc1cccc(Cn2ncc3c4sc([S+]([O-])c5ccccc5)nc4n(C)c3c2=O)c1. The van der Waals surface area contributed by atoms with Crippen LogP contribution < -0.4 is 10.3 Å². The molecule has 3 heterocycles. The molecular weight excluding hydrogens is 432 g/mol. The van der Waals surface area contributed by atoms with Crippen LogP contribution >= 0.6 is 11.3 Å². The predicted octanol–water partition coefficient (Wildman–Crippen LogP) is 3.57. The fourth-order valence-corrected chi connectivity index (χ4v) is 6.01. The van der Waals surface area contributed by atoms with Gasteiger partial charge < -0.3 is 13.9 Å². The first-order valence-corrected chi connectivity index (χ1v) is 11.5. The molecule has 7 nitrogen and oxygen atoms in total. The quantitative estimate of drug-likeness (QED) is 0.382. The van der Waals surface area contributed by atoms with E-state index in [0.717, 1.165) is 21.4 Å². The van der Waals surface area contributed by atoms with Crippen molar-refractivity contribution in [1.82, 2.24) is 19.3 Å². The lowest BCUT2D eigenvalue weighted by Gasteiger charge is -2.07. The van der Waals surface area contributed by atoms with Crippen molar-refractivity contribution in [3.8, 4) is 5.75 Å². The van der Waals surface area contributed by atoms with Crippen LogP contribution in [-0.4, -0.2) is 31.0 Å². The van der Waals surface area contributed by atoms with E-state index in [1.807, 2.05) is 54.6 Å². The number of aryl methyl sites for hydroxylation is 1. The summed E-state index contributed by atoms with van der Waals surface area (Å²) in [5.74, 6) is 0.731. The summed E-state index contributed by atoms with van der Waals surface area (Å²) in [4.78, 5) is 18.5. The number of thiazole rings is 1. The van der Waals surface area contributed by atoms with E-state index >= 15 is 0 Å². The summed E-state index contributed by atoms with van der Waals surface area (Å²) in [6, 6.07) is 16.8. The molecule has 0 amide bonds. The second-order valence-corrected chi connectivity index (χ2v) is 9.65. The molecule has 0 aliphatic heterocycles. The lowest BCUT2D eigenvalue weighted by Crippen LogP contribution is -2.24. The Labute approximate surface area is 184 Å². The van der Waals surface area contributed by atoms with Gasteiger partial charge in [-0.3, -0.25) is 4.79 Å². The Morgan fingerprint density at radius 3 is 2.74 bits per heavy atom. The molecule has 1 unspecified atom stereocenters. The Kier molecular flexibility index (Phi) is 5.01. The molecule has 0 aliphatic rings. The molecule has 0 N–H and O–H groups in total. The minimum absolute atomic E-state index is 0.196. The number of rotatable bonds is 5. The number of benzene rings is 2. The molecule has 31 heavy (non-hydrogen) atoms. The van der Waals surface area contributed by atoms with E-state index in [4.69, 9.17) is 4.74 Å². The smallest absolute Gasteiger partial charge is 0.310 e. The molecule has 0 fully saturated rings. The summed E-state index contributed by atoms with van der Waals surface area (Å²) in [5.41, 5.74) is 1.89. The van der Waals surface area contributed by atoms with Gasteiger partial charge in [-0.1, -0.05) is 41.7 Å². The van der Waals surface area contributed by atoms with Crippen LogP contribution in [0.15, 0.2) is 74.8 Å². The first kappa shape index (κ1) is 19.8. The minimum atomic E-state index is -1.37. The van der Waals surface area contributed by atoms with Crippen LogP contribution in [-0.2, 0) is 24.8 Å². The Morgan fingerprint density at radius 1 is 1.16 bits per heavy atom. The molecule has 0 radical (unpaired) electrons. The van der Waals surface area contributed by atoms with Crippen molar-refractivity contribution < 1.29 is 9.29 Å². The molecule has 5 aromatic rings. The number of ether oxygens (including phenoxy) is 1. The Balaban J connectivity index is 1.57. The molecule has 0 bridgehead atoms. The highest BCUT2D eigenvalue weighted by Crippen LogP contribution is 2.34. The van der Waals surface area contributed by atoms with Crippen molar-refractivity contribution in [1.29, 1.82) is 0 Å². The molecule has 3 aromatic heterocycles. The summed E-state index contributed by atoms with van der Waals surface area (Å²) < 4.78 is 22.7.